The fourth-order valence-electron chi connectivity index (χ4n) is 1.97. The van der Waals surface area contributed by atoms with Crippen molar-refractivity contribution >= 4 is 10.9 Å². The van der Waals surface area contributed by atoms with Crippen LogP contribution < -0.4 is 0 Å². The van der Waals surface area contributed by atoms with E-state index in [4.69, 9.17) is 0 Å². The van der Waals surface area contributed by atoms with Gasteiger partial charge in [-0.25, -0.2) is 0 Å². The van der Waals surface area contributed by atoms with Crippen LogP contribution in [0.25, 0.3) is 10.9 Å². The molecule has 2 aromatic rings. The van der Waals surface area contributed by atoms with Crippen LogP contribution in [0.1, 0.15) is 43.9 Å². The van der Waals surface area contributed by atoms with Crippen LogP contribution in [0.3, 0.4) is 0 Å². The summed E-state index contributed by atoms with van der Waals surface area (Å²) in [7, 11) is 0. The van der Waals surface area contributed by atoms with Crippen LogP contribution in [-0.2, 0) is 0 Å². The second kappa shape index (κ2) is 4.09. The minimum atomic E-state index is 0.861. The Labute approximate surface area is 91.5 Å². The number of rotatable bonds is 1. The Morgan fingerprint density at radius 2 is 1.87 bits per heavy atom. The first kappa shape index (κ1) is 10.3. The smallest absolute Gasteiger partial charge is 0.0456 e. The van der Waals surface area contributed by atoms with E-state index in [-0.39, 0.29) is 0 Å². The van der Waals surface area contributed by atoms with Crippen molar-refractivity contribution in [1.82, 2.24) is 4.98 Å². The standard InChI is InChI=1S/C12H13N.C2H6/c1-8-6-11-7-10(9-2-3-9)4-5-12(11)13-8;1-2/h4-7,9,13H,2-3H2,1H3;1-2H3. The Morgan fingerprint density at radius 1 is 1.13 bits per heavy atom. The van der Waals surface area contributed by atoms with Crippen molar-refractivity contribution in [3.8, 4) is 0 Å². The summed E-state index contributed by atoms with van der Waals surface area (Å²) in [4.78, 5) is 3.34. The van der Waals surface area contributed by atoms with Crippen molar-refractivity contribution in [2.24, 2.45) is 0 Å². The van der Waals surface area contributed by atoms with Gasteiger partial charge in [0.25, 0.3) is 0 Å². The minimum absolute atomic E-state index is 0.861. The van der Waals surface area contributed by atoms with Crippen molar-refractivity contribution in [2.75, 3.05) is 0 Å². The van der Waals surface area contributed by atoms with Gasteiger partial charge in [-0.05, 0) is 54.8 Å². The van der Waals surface area contributed by atoms with Gasteiger partial charge < -0.3 is 4.98 Å². The Morgan fingerprint density at radius 3 is 2.53 bits per heavy atom. The number of fused-ring (bicyclic) bond motifs is 1. The first-order chi connectivity index (χ1) is 7.33. The third-order valence-electron chi connectivity index (χ3n) is 2.83. The van der Waals surface area contributed by atoms with Crippen molar-refractivity contribution in [2.45, 2.75) is 39.5 Å². The van der Waals surface area contributed by atoms with Gasteiger partial charge in [0, 0.05) is 11.2 Å². The maximum Gasteiger partial charge on any atom is 0.0456 e. The molecule has 1 aromatic heterocycles. The number of hydrogen-bond acceptors (Lipinski definition) is 0. The molecule has 1 fully saturated rings. The average molecular weight is 201 g/mol. The predicted octanol–water partition coefficient (Wildman–Crippen LogP) is 4.38. The number of aryl methyl sites for hydroxylation is 1. The molecule has 1 nitrogen and oxygen atoms in total. The van der Waals surface area contributed by atoms with E-state index in [0.29, 0.717) is 0 Å². The SMILES string of the molecule is CC.Cc1cc2cc(C3CC3)ccc2[nH]1. The van der Waals surface area contributed by atoms with Crippen LogP contribution in [0.15, 0.2) is 24.3 Å². The molecule has 0 bridgehead atoms. The van der Waals surface area contributed by atoms with Crippen LogP contribution in [0.4, 0.5) is 0 Å². The molecule has 1 aromatic carbocycles. The number of benzene rings is 1. The Bertz CT molecular complexity index is 449. The molecular weight excluding hydrogens is 182 g/mol. The highest BCUT2D eigenvalue weighted by atomic mass is 14.7. The lowest BCUT2D eigenvalue weighted by Gasteiger charge is -1.96. The van der Waals surface area contributed by atoms with Crippen molar-refractivity contribution in [3.05, 3.63) is 35.5 Å². The predicted molar refractivity (Wildman–Crippen MR) is 66.4 cm³/mol. The maximum atomic E-state index is 3.34. The molecule has 0 unspecified atom stereocenters. The van der Waals surface area contributed by atoms with Gasteiger partial charge in [-0.15, -0.1) is 0 Å². The Balaban J connectivity index is 0.000000404. The van der Waals surface area contributed by atoms with Gasteiger partial charge in [0.05, 0.1) is 0 Å². The highest BCUT2D eigenvalue weighted by molar-refractivity contribution is 5.81. The fraction of sp³-hybridized carbons (Fsp3) is 0.429. The molecule has 0 aliphatic heterocycles. The summed E-state index contributed by atoms with van der Waals surface area (Å²) in [6, 6.07) is 9.02. The lowest BCUT2D eigenvalue weighted by Crippen LogP contribution is -1.77. The molecule has 1 N–H and O–H groups in total. The first-order valence-electron chi connectivity index (χ1n) is 5.92. The number of hydrogen-bond donors (Lipinski definition) is 1. The maximum absolute atomic E-state index is 3.34. The average Bonchev–Trinajstić information content (AvgIpc) is 3.02. The van der Waals surface area contributed by atoms with E-state index >= 15 is 0 Å². The number of H-pyrrole nitrogens is 1. The zero-order valence-electron chi connectivity index (χ0n) is 9.80. The van der Waals surface area contributed by atoms with E-state index in [0.717, 1.165) is 5.92 Å². The summed E-state index contributed by atoms with van der Waals surface area (Å²) >= 11 is 0. The summed E-state index contributed by atoms with van der Waals surface area (Å²) in [6.45, 7) is 6.11. The summed E-state index contributed by atoms with van der Waals surface area (Å²) in [6.07, 6.45) is 2.77. The van der Waals surface area contributed by atoms with Crippen LogP contribution in [0, 0.1) is 6.92 Å². The van der Waals surface area contributed by atoms with Crippen LogP contribution in [0.5, 0.6) is 0 Å². The molecule has 0 atom stereocenters. The second-order valence-electron chi connectivity index (χ2n) is 4.07. The first-order valence-corrected chi connectivity index (χ1v) is 5.92. The largest absolute Gasteiger partial charge is 0.359 e. The van der Waals surface area contributed by atoms with Gasteiger partial charge in [-0.3, -0.25) is 0 Å². The molecular formula is C14H19N. The molecule has 3 rings (SSSR count). The molecule has 1 aliphatic rings. The third-order valence-corrected chi connectivity index (χ3v) is 2.83. The highest BCUT2D eigenvalue weighted by Gasteiger charge is 2.23. The van der Waals surface area contributed by atoms with Gasteiger partial charge in [0.1, 0.15) is 0 Å². The van der Waals surface area contributed by atoms with Gasteiger partial charge in [0.15, 0.2) is 0 Å². The Hall–Kier alpha value is -1.24. The van der Waals surface area contributed by atoms with Gasteiger partial charge in [-0.2, -0.15) is 0 Å². The molecule has 1 heteroatoms. The van der Waals surface area contributed by atoms with E-state index in [1.165, 1.54) is 35.0 Å². The monoisotopic (exact) mass is 201 g/mol. The molecule has 0 spiro atoms. The summed E-state index contributed by atoms with van der Waals surface area (Å²) in [5.41, 5.74) is 4.04. The summed E-state index contributed by atoms with van der Waals surface area (Å²) in [5.74, 6) is 0.861. The van der Waals surface area contributed by atoms with Crippen molar-refractivity contribution in [1.29, 1.82) is 0 Å². The molecule has 15 heavy (non-hydrogen) atoms. The number of nitrogens with one attached hydrogen (secondary N) is 1. The normalized spacial score (nSPS) is 14.9. The van der Waals surface area contributed by atoms with E-state index in [2.05, 4.69) is 36.2 Å². The molecule has 0 saturated heterocycles. The highest BCUT2D eigenvalue weighted by Crippen LogP contribution is 2.40. The number of aromatic nitrogens is 1. The van der Waals surface area contributed by atoms with Crippen LogP contribution >= 0.6 is 0 Å². The Kier molecular flexibility index (Phi) is 2.81. The lowest BCUT2D eigenvalue weighted by atomic mass is 10.1. The molecule has 1 aliphatic carbocycles. The topological polar surface area (TPSA) is 15.8 Å². The van der Waals surface area contributed by atoms with Gasteiger partial charge >= 0.3 is 0 Å². The van der Waals surface area contributed by atoms with Crippen molar-refractivity contribution < 1.29 is 0 Å². The lowest BCUT2D eigenvalue weighted by molar-refractivity contribution is 1.14. The summed E-state index contributed by atoms with van der Waals surface area (Å²) in [5, 5.41) is 1.36. The molecule has 0 amide bonds. The molecule has 1 saturated carbocycles. The zero-order chi connectivity index (χ0) is 10.8. The second-order valence-corrected chi connectivity index (χ2v) is 4.07. The van der Waals surface area contributed by atoms with Crippen molar-refractivity contribution in [3.63, 3.8) is 0 Å². The van der Waals surface area contributed by atoms with Crippen LogP contribution in [-0.4, -0.2) is 4.98 Å². The quantitative estimate of drug-likeness (QED) is 0.704. The molecule has 80 valence electrons. The fourth-order valence-corrected chi connectivity index (χ4v) is 1.97. The van der Waals surface area contributed by atoms with Gasteiger partial charge in [-0.1, -0.05) is 19.9 Å². The van der Waals surface area contributed by atoms with E-state index in [1.807, 2.05) is 13.8 Å². The molecule has 0 radical (unpaired) electrons. The van der Waals surface area contributed by atoms with Crippen LogP contribution in [0.2, 0.25) is 0 Å². The zero-order valence-corrected chi connectivity index (χ0v) is 9.80. The molecule has 1 heterocycles. The minimum Gasteiger partial charge on any atom is -0.359 e. The van der Waals surface area contributed by atoms with Gasteiger partial charge in [0.2, 0.25) is 0 Å². The van der Waals surface area contributed by atoms with E-state index in [9.17, 15) is 0 Å². The van der Waals surface area contributed by atoms with E-state index in [1.54, 1.807) is 0 Å². The van der Waals surface area contributed by atoms with E-state index < -0.39 is 0 Å². The number of aromatic amines is 1. The third kappa shape index (κ3) is 2.06. The summed E-state index contributed by atoms with van der Waals surface area (Å²) < 4.78 is 0.